The zero-order valence-electron chi connectivity index (χ0n) is 15.4. The Kier molecular flexibility index (Phi) is 3.90. The van der Waals surface area contributed by atoms with Crippen LogP contribution in [0.2, 0.25) is 0 Å². The maximum atomic E-state index is 12.9. The number of hydrogen-bond acceptors (Lipinski definition) is 3. The van der Waals surface area contributed by atoms with Crippen molar-refractivity contribution in [3.05, 3.63) is 71.8 Å². The second kappa shape index (κ2) is 6.44. The van der Waals surface area contributed by atoms with Crippen molar-refractivity contribution in [1.29, 1.82) is 0 Å². The van der Waals surface area contributed by atoms with Gasteiger partial charge in [-0.15, -0.1) is 0 Å². The minimum absolute atomic E-state index is 0.0616. The third-order valence-corrected chi connectivity index (χ3v) is 6.01. The molecule has 0 N–H and O–H groups in total. The van der Waals surface area contributed by atoms with E-state index in [1.54, 1.807) is 29.2 Å². The highest BCUT2D eigenvalue weighted by molar-refractivity contribution is 6.22. The maximum Gasteiger partial charge on any atom is 0.258 e. The summed E-state index contributed by atoms with van der Waals surface area (Å²) in [6, 6.07) is 14.8. The Morgan fingerprint density at radius 1 is 0.857 bits per heavy atom. The number of allylic oxidation sites excluding steroid dienone is 2. The Bertz CT molecular complexity index is 983. The SMILES string of the molecule is O=C(c1ccc(N2C(=O)C3CC=CCC3C2=O)cc1)N1CCc2ccccc21. The number of imide groups is 1. The number of carbonyl (C=O) groups excluding carboxylic acids is 3. The van der Waals surface area contributed by atoms with Crippen molar-refractivity contribution in [3.8, 4) is 0 Å². The number of nitrogens with zero attached hydrogens (tertiary/aromatic N) is 2. The van der Waals surface area contributed by atoms with Crippen molar-refractivity contribution in [2.24, 2.45) is 11.8 Å². The molecule has 5 nitrogen and oxygen atoms in total. The minimum atomic E-state index is -0.250. The molecule has 2 heterocycles. The molecule has 140 valence electrons. The first-order chi connectivity index (χ1) is 13.6. The van der Waals surface area contributed by atoms with Crippen molar-refractivity contribution in [2.45, 2.75) is 19.3 Å². The molecule has 0 bridgehead atoms. The number of rotatable bonds is 2. The average molecular weight is 372 g/mol. The molecule has 3 amide bonds. The molecule has 2 aromatic rings. The van der Waals surface area contributed by atoms with Crippen LogP contribution < -0.4 is 9.80 Å². The van der Waals surface area contributed by atoms with Crippen LogP contribution in [0.5, 0.6) is 0 Å². The van der Waals surface area contributed by atoms with E-state index in [0.29, 0.717) is 30.6 Å². The Morgan fingerprint density at radius 3 is 2.18 bits per heavy atom. The number of amides is 3. The Hall–Kier alpha value is -3.21. The van der Waals surface area contributed by atoms with E-state index in [0.717, 1.165) is 12.1 Å². The number of hydrogen-bond donors (Lipinski definition) is 0. The van der Waals surface area contributed by atoms with Crippen LogP contribution in [-0.2, 0) is 16.0 Å². The second-order valence-electron chi connectivity index (χ2n) is 7.55. The van der Waals surface area contributed by atoms with Crippen LogP contribution >= 0.6 is 0 Å². The zero-order chi connectivity index (χ0) is 19.3. The summed E-state index contributed by atoms with van der Waals surface area (Å²) in [5.41, 5.74) is 3.23. The Balaban J connectivity index is 1.39. The molecular weight excluding hydrogens is 352 g/mol. The fraction of sp³-hybridized carbons (Fsp3) is 0.261. The summed E-state index contributed by atoms with van der Waals surface area (Å²) >= 11 is 0. The van der Waals surface area contributed by atoms with Crippen LogP contribution in [0.1, 0.15) is 28.8 Å². The molecular formula is C23H20N2O3. The van der Waals surface area contributed by atoms with Crippen molar-refractivity contribution in [3.63, 3.8) is 0 Å². The fourth-order valence-corrected chi connectivity index (χ4v) is 4.51. The smallest absolute Gasteiger partial charge is 0.258 e. The summed E-state index contributed by atoms with van der Waals surface area (Å²) in [4.78, 5) is 41.5. The number of para-hydroxylation sites is 1. The Morgan fingerprint density at radius 2 is 1.50 bits per heavy atom. The molecule has 2 aliphatic heterocycles. The highest BCUT2D eigenvalue weighted by atomic mass is 16.2. The van der Waals surface area contributed by atoms with Gasteiger partial charge in [-0.2, -0.15) is 0 Å². The molecule has 0 spiro atoms. The largest absolute Gasteiger partial charge is 0.308 e. The van der Waals surface area contributed by atoms with Gasteiger partial charge >= 0.3 is 0 Å². The number of anilines is 2. The topological polar surface area (TPSA) is 57.7 Å². The van der Waals surface area contributed by atoms with Crippen LogP contribution in [0.4, 0.5) is 11.4 Å². The van der Waals surface area contributed by atoms with E-state index in [1.165, 1.54) is 10.5 Å². The van der Waals surface area contributed by atoms with Crippen LogP contribution in [0, 0.1) is 11.8 Å². The van der Waals surface area contributed by atoms with Gasteiger partial charge in [0, 0.05) is 17.8 Å². The van der Waals surface area contributed by atoms with E-state index in [2.05, 4.69) is 0 Å². The van der Waals surface area contributed by atoms with Gasteiger partial charge in [-0.3, -0.25) is 19.3 Å². The van der Waals surface area contributed by atoms with Gasteiger partial charge in [0.25, 0.3) is 5.91 Å². The van der Waals surface area contributed by atoms with Crippen LogP contribution in [-0.4, -0.2) is 24.3 Å². The van der Waals surface area contributed by atoms with Gasteiger partial charge in [-0.25, -0.2) is 0 Å². The average Bonchev–Trinajstić information content (AvgIpc) is 3.28. The summed E-state index contributed by atoms with van der Waals surface area (Å²) in [6.07, 6.45) is 6.05. The van der Waals surface area contributed by atoms with Gasteiger partial charge in [0.2, 0.25) is 11.8 Å². The van der Waals surface area contributed by atoms with Crippen molar-refractivity contribution in [1.82, 2.24) is 0 Å². The highest BCUT2D eigenvalue weighted by Gasteiger charge is 2.47. The minimum Gasteiger partial charge on any atom is -0.308 e. The standard InChI is InChI=1S/C23H20N2O3/c26-21(24-14-13-15-5-1-4-8-20(15)24)16-9-11-17(12-10-16)25-22(27)18-6-2-3-7-19(18)23(25)28/h1-5,8-12,18-19H,6-7,13-14H2. The van der Waals surface area contributed by atoms with Crippen LogP contribution in [0.25, 0.3) is 0 Å². The van der Waals surface area contributed by atoms with Crippen LogP contribution in [0.15, 0.2) is 60.7 Å². The number of fused-ring (bicyclic) bond motifs is 2. The number of carbonyl (C=O) groups is 3. The Labute approximate surface area is 163 Å². The number of benzene rings is 2. The lowest BCUT2D eigenvalue weighted by atomic mass is 9.85. The van der Waals surface area contributed by atoms with Gasteiger partial charge in [0.1, 0.15) is 0 Å². The van der Waals surface area contributed by atoms with Gasteiger partial charge in [0.05, 0.1) is 17.5 Å². The summed E-state index contributed by atoms with van der Waals surface area (Å²) < 4.78 is 0. The third kappa shape index (κ3) is 2.50. The molecule has 1 aliphatic carbocycles. The first-order valence-corrected chi connectivity index (χ1v) is 9.68. The van der Waals surface area contributed by atoms with Gasteiger partial charge in [0.15, 0.2) is 0 Å². The molecule has 28 heavy (non-hydrogen) atoms. The molecule has 1 fully saturated rings. The van der Waals surface area contributed by atoms with E-state index < -0.39 is 0 Å². The van der Waals surface area contributed by atoms with E-state index in [9.17, 15) is 14.4 Å². The molecule has 2 atom stereocenters. The lowest BCUT2D eigenvalue weighted by Crippen LogP contribution is -2.31. The zero-order valence-corrected chi connectivity index (χ0v) is 15.4. The molecule has 5 heteroatoms. The quantitative estimate of drug-likeness (QED) is 0.600. The van der Waals surface area contributed by atoms with Crippen molar-refractivity contribution in [2.75, 3.05) is 16.3 Å². The summed E-state index contributed by atoms with van der Waals surface area (Å²) in [7, 11) is 0. The van der Waals surface area contributed by atoms with Crippen molar-refractivity contribution >= 4 is 29.1 Å². The maximum absolute atomic E-state index is 12.9. The van der Waals surface area contributed by atoms with Crippen molar-refractivity contribution < 1.29 is 14.4 Å². The predicted molar refractivity (Wildman–Crippen MR) is 106 cm³/mol. The van der Waals surface area contributed by atoms with E-state index in [-0.39, 0.29) is 29.6 Å². The monoisotopic (exact) mass is 372 g/mol. The van der Waals surface area contributed by atoms with Gasteiger partial charge in [-0.05, 0) is 55.2 Å². The first-order valence-electron chi connectivity index (χ1n) is 9.68. The molecule has 3 aliphatic rings. The highest BCUT2D eigenvalue weighted by Crippen LogP contribution is 2.38. The molecule has 2 aromatic carbocycles. The molecule has 0 aromatic heterocycles. The molecule has 1 saturated heterocycles. The lowest BCUT2D eigenvalue weighted by Gasteiger charge is -2.19. The molecule has 0 radical (unpaired) electrons. The fourth-order valence-electron chi connectivity index (χ4n) is 4.51. The van der Waals surface area contributed by atoms with Gasteiger partial charge < -0.3 is 4.90 Å². The molecule has 2 unspecified atom stereocenters. The summed E-state index contributed by atoms with van der Waals surface area (Å²) in [5.74, 6) is -0.827. The lowest BCUT2D eigenvalue weighted by molar-refractivity contribution is -0.122. The first kappa shape index (κ1) is 16.9. The summed E-state index contributed by atoms with van der Waals surface area (Å²) in [6.45, 7) is 0.666. The van der Waals surface area contributed by atoms with E-state index >= 15 is 0 Å². The van der Waals surface area contributed by atoms with E-state index in [4.69, 9.17) is 0 Å². The van der Waals surface area contributed by atoms with Crippen LogP contribution in [0.3, 0.4) is 0 Å². The summed E-state index contributed by atoms with van der Waals surface area (Å²) in [5, 5.41) is 0. The second-order valence-corrected chi connectivity index (χ2v) is 7.55. The molecule has 5 rings (SSSR count). The molecule has 0 saturated carbocycles. The predicted octanol–water partition coefficient (Wildman–Crippen LogP) is 3.35. The van der Waals surface area contributed by atoms with E-state index in [1.807, 2.05) is 36.4 Å². The third-order valence-electron chi connectivity index (χ3n) is 6.01. The van der Waals surface area contributed by atoms with Gasteiger partial charge in [-0.1, -0.05) is 30.4 Å². The normalized spacial score (nSPS) is 23.1.